The summed E-state index contributed by atoms with van der Waals surface area (Å²) in [5.74, 6) is 6.40. The van der Waals surface area contributed by atoms with Gasteiger partial charge in [0.1, 0.15) is 5.82 Å². The summed E-state index contributed by atoms with van der Waals surface area (Å²) < 4.78 is 0. The quantitative estimate of drug-likeness (QED) is 0.439. The fourth-order valence-corrected chi connectivity index (χ4v) is 1.97. The van der Waals surface area contributed by atoms with Gasteiger partial charge in [-0.25, -0.2) is 10.8 Å². The van der Waals surface area contributed by atoms with Crippen LogP contribution in [0.4, 0.5) is 11.6 Å². The first-order valence-corrected chi connectivity index (χ1v) is 5.53. The first-order valence-electron chi connectivity index (χ1n) is 5.53. The Balaban J connectivity index is 2.01. The predicted molar refractivity (Wildman–Crippen MR) is 61.7 cm³/mol. The van der Waals surface area contributed by atoms with Crippen molar-refractivity contribution in [2.24, 2.45) is 5.84 Å². The van der Waals surface area contributed by atoms with E-state index < -0.39 is 0 Å². The number of hydrogen-bond acceptors (Lipinski definition) is 6. The molecule has 0 saturated heterocycles. The molecule has 0 radical (unpaired) electrons. The van der Waals surface area contributed by atoms with Crippen LogP contribution in [0.1, 0.15) is 25.7 Å². The van der Waals surface area contributed by atoms with E-state index in [1.165, 1.54) is 0 Å². The second kappa shape index (κ2) is 5.09. The van der Waals surface area contributed by atoms with Crippen LogP contribution >= 0.6 is 0 Å². The fraction of sp³-hybridized carbons (Fsp3) is 0.600. The van der Waals surface area contributed by atoms with Gasteiger partial charge in [0, 0.05) is 0 Å². The van der Waals surface area contributed by atoms with Crippen molar-refractivity contribution in [2.45, 2.75) is 37.8 Å². The van der Waals surface area contributed by atoms with Gasteiger partial charge >= 0.3 is 0 Å². The molecule has 2 rings (SSSR count). The second-order valence-corrected chi connectivity index (χ2v) is 4.04. The molecule has 88 valence electrons. The molecular weight excluding hydrogens is 206 g/mol. The SMILES string of the molecule is NNc1cncc(NC2CCCCC2O)n1. The monoisotopic (exact) mass is 223 g/mol. The standard InChI is InChI=1S/C10H17N5O/c11-15-10-6-12-5-9(14-10)13-7-3-1-2-4-8(7)16/h5-8,16H,1-4,11H2,(H2,13,14,15). The molecule has 1 heterocycles. The molecule has 6 nitrogen and oxygen atoms in total. The Morgan fingerprint density at radius 2 is 2.00 bits per heavy atom. The lowest BCUT2D eigenvalue weighted by atomic mass is 9.93. The first-order chi connectivity index (χ1) is 7.79. The lowest BCUT2D eigenvalue weighted by Crippen LogP contribution is -2.36. The Kier molecular flexibility index (Phi) is 3.53. The van der Waals surface area contributed by atoms with E-state index in [0.29, 0.717) is 11.6 Å². The van der Waals surface area contributed by atoms with Crippen molar-refractivity contribution >= 4 is 11.6 Å². The fourth-order valence-electron chi connectivity index (χ4n) is 1.97. The molecule has 0 spiro atoms. The zero-order valence-corrected chi connectivity index (χ0v) is 9.06. The van der Waals surface area contributed by atoms with Crippen LogP contribution < -0.4 is 16.6 Å². The van der Waals surface area contributed by atoms with Crippen molar-refractivity contribution in [3.8, 4) is 0 Å². The predicted octanol–water partition coefficient (Wildman–Crippen LogP) is 0.478. The Morgan fingerprint density at radius 3 is 2.75 bits per heavy atom. The lowest BCUT2D eigenvalue weighted by molar-refractivity contribution is 0.116. The number of nitrogen functional groups attached to an aromatic ring is 1. The van der Waals surface area contributed by atoms with E-state index >= 15 is 0 Å². The number of aliphatic hydroxyl groups excluding tert-OH is 1. The second-order valence-electron chi connectivity index (χ2n) is 4.04. The van der Waals surface area contributed by atoms with Crippen LogP contribution in [0.5, 0.6) is 0 Å². The molecular formula is C10H17N5O. The van der Waals surface area contributed by atoms with E-state index in [2.05, 4.69) is 20.7 Å². The zero-order chi connectivity index (χ0) is 11.4. The number of anilines is 2. The largest absolute Gasteiger partial charge is 0.391 e. The van der Waals surface area contributed by atoms with Crippen LogP contribution in [0.25, 0.3) is 0 Å². The third-order valence-corrected chi connectivity index (χ3v) is 2.85. The average molecular weight is 223 g/mol. The normalized spacial score (nSPS) is 25.1. The number of aromatic nitrogens is 2. The van der Waals surface area contributed by atoms with Crippen molar-refractivity contribution in [3.05, 3.63) is 12.4 Å². The summed E-state index contributed by atoms with van der Waals surface area (Å²) >= 11 is 0. The van der Waals surface area contributed by atoms with E-state index in [4.69, 9.17) is 5.84 Å². The van der Waals surface area contributed by atoms with Crippen molar-refractivity contribution in [1.82, 2.24) is 9.97 Å². The van der Waals surface area contributed by atoms with Crippen molar-refractivity contribution in [1.29, 1.82) is 0 Å². The molecule has 6 heteroatoms. The number of hydrazine groups is 1. The molecule has 0 aromatic carbocycles. The van der Waals surface area contributed by atoms with Crippen molar-refractivity contribution in [3.63, 3.8) is 0 Å². The van der Waals surface area contributed by atoms with E-state index in [9.17, 15) is 5.11 Å². The van der Waals surface area contributed by atoms with Crippen LogP contribution in [0.3, 0.4) is 0 Å². The summed E-state index contributed by atoms with van der Waals surface area (Å²) in [7, 11) is 0. The molecule has 5 N–H and O–H groups in total. The maximum atomic E-state index is 9.81. The Morgan fingerprint density at radius 1 is 1.25 bits per heavy atom. The summed E-state index contributed by atoms with van der Waals surface area (Å²) in [5, 5.41) is 13.0. The molecule has 1 saturated carbocycles. The molecule has 0 aliphatic heterocycles. The van der Waals surface area contributed by atoms with Crippen LogP contribution in [0, 0.1) is 0 Å². The van der Waals surface area contributed by atoms with Gasteiger partial charge in [-0.05, 0) is 12.8 Å². The number of rotatable bonds is 3. The highest BCUT2D eigenvalue weighted by Crippen LogP contribution is 2.21. The molecule has 16 heavy (non-hydrogen) atoms. The van der Waals surface area contributed by atoms with Gasteiger partial charge in [-0.2, -0.15) is 0 Å². The molecule has 0 amide bonds. The highest BCUT2D eigenvalue weighted by molar-refractivity contribution is 5.41. The third-order valence-electron chi connectivity index (χ3n) is 2.85. The summed E-state index contributed by atoms with van der Waals surface area (Å²) in [6.07, 6.45) is 6.91. The van der Waals surface area contributed by atoms with Crippen molar-refractivity contribution in [2.75, 3.05) is 10.7 Å². The van der Waals surface area contributed by atoms with Gasteiger partial charge in [-0.15, -0.1) is 0 Å². The summed E-state index contributed by atoms with van der Waals surface area (Å²) in [5.41, 5.74) is 2.44. The minimum absolute atomic E-state index is 0.0658. The van der Waals surface area contributed by atoms with Gasteiger partial charge in [0.15, 0.2) is 5.82 Å². The number of nitrogens with one attached hydrogen (secondary N) is 2. The molecule has 2 atom stereocenters. The van der Waals surface area contributed by atoms with Gasteiger partial charge in [-0.1, -0.05) is 12.8 Å². The van der Waals surface area contributed by atoms with Crippen LogP contribution in [-0.4, -0.2) is 27.2 Å². The van der Waals surface area contributed by atoms with E-state index in [1.807, 2.05) is 0 Å². The van der Waals surface area contributed by atoms with Gasteiger partial charge in [0.05, 0.1) is 24.5 Å². The first kappa shape index (κ1) is 11.1. The van der Waals surface area contributed by atoms with Crippen LogP contribution in [0.2, 0.25) is 0 Å². The Labute approximate surface area is 94.3 Å². The number of aliphatic hydroxyl groups is 1. The molecule has 1 aromatic heterocycles. The van der Waals surface area contributed by atoms with Crippen LogP contribution in [-0.2, 0) is 0 Å². The maximum absolute atomic E-state index is 9.81. The van der Waals surface area contributed by atoms with E-state index in [-0.39, 0.29) is 12.1 Å². The van der Waals surface area contributed by atoms with Crippen molar-refractivity contribution < 1.29 is 5.11 Å². The number of nitrogens with two attached hydrogens (primary N) is 1. The summed E-state index contributed by atoms with van der Waals surface area (Å²) in [6.45, 7) is 0. The number of nitrogens with zero attached hydrogens (tertiary/aromatic N) is 2. The zero-order valence-electron chi connectivity index (χ0n) is 9.06. The minimum atomic E-state index is -0.301. The minimum Gasteiger partial charge on any atom is -0.391 e. The van der Waals surface area contributed by atoms with Gasteiger partial charge < -0.3 is 15.8 Å². The van der Waals surface area contributed by atoms with Gasteiger partial charge in [0.2, 0.25) is 0 Å². The third kappa shape index (κ3) is 2.59. The Bertz CT molecular complexity index is 346. The van der Waals surface area contributed by atoms with E-state index in [1.54, 1.807) is 12.4 Å². The molecule has 1 aromatic rings. The molecule has 1 aliphatic rings. The molecule has 1 aliphatic carbocycles. The number of hydrogen-bond donors (Lipinski definition) is 4. The molecule has 1 fully saturated rings. The molecule has 2 unspecified atom stereocenters. The smallest absolute Gasteiger partial charge is 0.160 e. The summed E-state index contributed by atoms with van der Waals surface area (Å²) in [4.78, 5) is 8.20. The summed E-state index contributed by atoms with van der Waals surface area (Å²) in [6, 6.07) is 0.0658. The lowest BCUT2D eigenvalue weighted by Gasteiger charge is -2.28. The highest BCUT2D eigenvalue weighted by atomic mass is 16.3. The Hall–Kier alpha value is -1.40. The average Bonchev–Trinajstić information content (AvgIpc) is 2.32. The topological polar surface area (TPSA) is 96.1 Å². The van der Waals surface area contributed by atoms with Crippen LogP contribution in [0.15, 0.2) is 12.4 Å². The van der Waals surface area contributed by atoms with E-state index in [0.717, 1.165) is 25.7 Å². The highest BCUT2D eigenvalue weighted by Gasteiger charge is 2.23. The maximum Gasteiger partial charge on any atom is 0.160 e. The van der Waals surface area contributed by atoms with Gasteiger partial charge in [-0.3, -0.25) is 4.98 Å². The van der Waals surface area contributed by atoms with Gasteiger partial charge in [0.25, 0.3) is 0 Å². The molecule has 0 bridgehead atoms.